The van der Waals surface area contributed by atoms with Gasteiger partial charge < -0.3 is 5.32 Å². The van der Waals surface area contributed by atoms with Crippen LogP contribution < -0.4 is 5.32 Å². The number of nitrogens with zero attached hydrogens (tertiary/aromatic N) is 1. The van der Waals surface area contributed by atoms with Gasteiger partial charge in [-0.25, -0.2) is 0 Å². The fourth-order valence-corrected chi connectivity index (χ4v) is 2.06. The average molecular weight is 242 g/mol. The Labute approximate surface area is 103 Å². The molecule has 2 rings (SSSR count). The van der Waals surface area contributed by atoms with Gasteiger partial charge in [-0.15, -0.1) is 11.3 Å². The van der Waals surface area contributed by atoms with Crippen molar-refractivity contribution in [1.29, 1.82) is 5.26 Å². The summed E-state index contributed by atoms with van der Waals surface area (Å²) in [5.41, 5.74) is 1.01. The standard InChI is InChI=1S/C13H10N2OS/c14-8-10-3-1-4-11(7-10)13(16)15-9-12-5-2-6-17-12/h1-7H,9H2,(H,15,16). The highest BCUT2D eigenvalue weighted by Crippen LogP contribution is 2.09. The third-order valence-electron chi connectivity index (χ3n) is 2.26. The molecule has 0 fully saturated rings. The monoisotopic (exact) mass is 242 g/mol. The molecule has 3 nitrogen and oxygen atoms in total. The van der Waals surface area contributed by atoms with Gasteiger partial charge in [0.15, 0.2) is 0 Å². The third-order valence-corrected chi connectivity index (χ3v) is 3.13. The van der Waals surface area contributed by atoms with E-state index < -0.39 is 0 Å². The fraction of sp³-hybridized carbons (Fsp3) is 0.0769. The summed E-state index contributed by atoms with van der Waals surface area (Å²) in [7, 11) is 0. The number of benzene rings is 1. The number of carbonyl (C=O) groups is 1. The van der Waals surface area contributed by atoms with Crippen LogP contribution in [0.1, 0.15) is 20.8 Å². The Morgan fingerprint density at radius 3 is 2.94 bits per heavy atom. The van der Waals surface area contributed by atoms with Crippen LogP contribution in [0.3, 0.4) is 0 Å². The number of rotatable bonds is 3. The maximum Gasteiger partial charge on any atom is 0.251 e. The number of carbonyl (C=O) groups excluding carboxylic acids is 1. The number of hydrogen-bond donors (Lipinski definition) is 1. The summed E-state index contributed by atoms with van der Waals surface area (Å²) in [4.78, 5) is 12.9. The molecule has 0 bridgehead atoms. The first-order valence-corrected chi connectivity index (χ1v) is 5.98. The highest BCUT2D eigenvalue weighted by atomic mass is 32.1. The van der Waals surface area contributed by atoms with E-state index >= 15 is 0 Å². The predicted octanol–water partition coefficient (Wildman–Crippen LogP) is 2.55. The van der Waals surface area contributed by atoms with Gasteiger partial charge >= 0.3 is 0 Å². The van der Waals surface area contributed by atoms with E-state index in [-0.39, 0.29) is 5.91 Å². The second-order valence-electron chi connectivity index (χ2n) is 3.45. The van der Waals surface area contributed by atoms with Gasteiger partial charge in [0.05, 0.1) is 18.2 Å². The minimum Gasteiger partial charge on any atom is -0.347 e. The molecule has 0 aliphatic carbocycles. The summed E-state index contributed by atoms with van der Waals surface area (Å²) in [6.07, 6.45) is 0. The summed E-state index contributed by atoms with van der Waals surface area (Å²) in [6.45, 7) is 0.521. The van der Waals surface area contributed by atoms with Crippen molar-refractivity contribution >= 4 is 17.2 Å². The zero-order valence-electron chi connectivity index (χ0n) is 9.01. The molecule has 17 heavy (non-hydrogen) atoms. The van der Waals surface area contributed by atoms with Crippen molar-refractivity contribution in [1.82, 2.24) is 5.32 Å². The van der Waals surface area contributed by atoms with Crippen LogP contribution in [-0.4, -0.2) is 5.91 Å². The van der Waals surface area contributed by atoms with Crippen LogP contribution in [0, 0.1) is 11.3 Å². The molecule has 1 aromatic carbocycles. The lowest BCUT2D eigenvalue weighted by Crippen LogP contribution is -2.22. The molecular formula is C13H10N2OS. The van der Waals surface area contributed by atoms with E-state index in [1.54, 1.807) is 35.6 Å². The molecule has 0 aliphatic rings. The van der Waals surface area contributed by atoms with E-state index in [9.17, 15) is 4.79 Å². The van der Waals surface area contributed by atoms with Crippen molar-refractivity contribution in [3.8, 4) is 6.07 Å². The van der Waals surface area contributed by atoms with Gasteiger partial charge in [-0.1, -0.05) is 12.1 Å². The van der Waals surface area contributed by atoms with E-state index in [4.69, 9.17) is 5.26 Å². The van der Waals surface area contributed by atoms with Gasteiger partial charge in [0.1, 0.15) is 0 Å². The SMILES string of the molecule is N#Cc1cccc(C(=O)NCc2cccs2)c1. The van der Waals surface area contributed by atoms with Crippen molar-refractivity contribution in [3.05, 3.63) is 57.8 Å². The lowest BCUT2D eigenvalue weighted by molar-refractivity contribution is 0.0951. The maximum atomic E-state index is 11.8. The summed E-state index contributed by atoms with van der Waals surface area (Å²) >= 11 is 1.60. The summed E-state index contributed by atoms with van der Waals surface area (Å²) < 4.78 is 0. The molecule has 0 unspecified atom stereocenters. The first kappa shape index (κ1) is 11.4. The molecule has 1 aromatic heterocycles. The quantitative estimate of drug-likeness (QED) is 0.899. The van der Waals surface area contributed by atoms with Crippen LogP contribution in [-0.2, 0) is 6.54 Å². The van der Waals surface area contributed by atoms with Crippen molar-refractivity contribution < 1.29 is 4.79 Å². The Balaban J connectivity index is 2.02. The van der Waals surface area contributed by atoms with Crippen LogP contribution in [0.2, 0.25) is 0 Å². The van der Waals surface area contributed by atoms with Gasteiger partial charge in [0.25, 0.3) is 5.91 Å². The van der Waals surface area contributed by atoms with Crippen molar-refractivity contribution in [2.24, 2.45) is 0 Å². The molecule has 0 spiro atoms. The smallest absolute Gasteiger partial charge is 0.251 e. The molecule has 0 saturated carbocycles. The first-order valence-electron chi connectivity index (χ1n) is 5.10. The topological polar surface area (TPSA) is 52.9 Å². The van der Waals surface area contributed by atoms with Crippen LogP contribution >= 0.6 is 11.3 Å². The predicted molar refractivity (Wildman–Crippen MR) is 66.6 cm³/mol. The van der Waals surface area contributed by atoms with Gasteiger partial charge in [-0.3, -0.25) is 4.79 Å². The number of nitriles is 1. The van der Waals surface area contributed by atoms with E-state index in [0.29, 0.717) is 17.7 Å². The summed E-state index contributed by atoms with van der Waals surface area (Å²) in [6, 6.07) is 12.6. The highest BCUT2D eigenvalue weighted by molar-refractivity contribution is 7.09. The van der Waals surface area contributed by atoms with Gasteiger partial charge in [0, 0.05) is 10.4 Å². The lowest BCUT2D eigenvalue weighted by Gasteiger charge is -2.03. The molecule has 0 atom stereocenters. The Morgan fingerprint density at radius 1 is 1.35 bits per heavy atom. The maximum absolute atomic E-state index is 11.8. The molecule has 1 N–H and O–H groups in total. The highest BCUT2D eigenvalue weighted by Gasteiger charge is 2.05. The van der Waals surface area contributed by atoms with Crippen LogP contribution in [0.15, 0.2) is 41.8 Å². The van der Waals surface area contributed by atoms with Crippen LogP contribution in [0.5, 0.6) is 0 Å². The van der Waals surface area contributed by atoms with Crippen molar-refractivity contribution in [2.75, 3.05) is 0 Å². The lowest BCUT2D eigenvalue weighted by atomic mass is 10.1. The largest absolute Gasteiger partial charge is 0.347 e. The number of hydrogen-bond acceptors (Lipinski definition) is 3. The fourth-order valence-electron chi connectivity index (χ4n) is 1.41. The van der Waals surface area contributed by atoms with Crippen molar-refractivity contribution in [2.45, 2.75) is 6.54 Å². The minimum atomic E-state index is -0.157. The Kier molecular flexibility index (Phi) is 3.53. The Bertz CT molecular complexity index is 555. The summed E-state index contributed by atoms with van der Waals surface area (Å²) in [5.74, 6) is -0.157. The average Bonchev–Trinajstić information content (AvgIpc) is 2.89. The molecule has 0 aliphatic heterocycles. The number of nitrogens with one attached hydrogen (secondary N) is 1. The molecule has 84 valence electrons. The number of amides is 1. The minimum absolute atomic E-state index is 0.157. The van der Waals surface area contributed by atoms with Gasteiger partial charge in [-0.05, 0) is 29.6 Å². The van der Waals surface area contributed by atoms with Gasteiger partial charge in [0.2, 0.25) is 0 Å². The van der Waals surface area contributed by atoms with Gasteiger partial charge in [-0.2, -0.15) is 5.26 Å². The second-order valence-corrected chi connectivity index (χ2v) is 4.49. The van der Waals surface area contributed by atoms with E-state index in [1.807, 2.05) is 23.6 Å². The molecule has 4 heteroatoms. The molecule has 1 amide bonds. The molecule has 0 radical (unpaired) electrons. The summed E-state index contributed by atoms with van der Waals surface area (Å²) in [5, 5.41) is 13.5. The zero-order valence-corrected chi connectivity index (χ0v) is 9.83. The molecule has 1 heterocycles. The first-order chi connectivity index (χ1) is 8.29. The molecule has 0 saturated heterocycles. The Morgan fingerprint density at radius 2 is 2.24 bits per heavy atom. The van der Waals surface area contributed by atoms with E-state index in [0.717, 1.165) is 4.88 Å². The van der Waals surface area contributed by atoms with Crippen LogP contribution in [0.25, 0.3) is 0 Å². The molecular weight excluding hydrogens is 232 g/mol. The normalized spacial score (nSPS) is 9.59. The Hall–Kier alpha value is -2.12. The van der Waals surface area contributed by atoms with E-state index in [2.05, 4.69) is 5.32 Å². The number of thiophene rings is 1. The second kappa shape index (κ2) is 5.28. The third kappa shape index (κ3) is 2.92. The van der Waals surface area contributed by atoms with Crippen LogP contribution in [0.4, 0.5) is 0 Å². The zero-order chi connectivity index (χ0) is 12.1. The molecule has 2 aromatic rings. The van der Waals surface area contributed by atoms with E-state index in [1.165, 1.54) is 0 Å². The van der Waals surface area contributed by atoms with Crippen molar-refractivity contribution in [3.63, 3.8) is 0 Å².